The summed E-state index contributed by atoms with van der Waals surface area (Å²) < 4.78 is 5.44. The van der Waals surface area contributed by atoms with E-state index in [0.717, 1.165) is 28.1 Å². The molecule has 2 unspecified atom stereocenters. The second-order valence-electron chi connectivity index (χ2n) is 6.93. The minimum absolute atomic E-state index is 0.0267. The Hall–Kier alpha value is -2.64. The molecule has 0 radical (unpaired) electrons. The van der Waals surface area contributed by atoms with Crippen molar-refractivity contribution in [2.75, 3.05) is 14.2 Å². The number of benzene rings is 1. The number of rotatable bonds is 5. The first-order valence-electron chi connectivity index (χ1n) is 8.95. The van der Waals surface area contributed by atoms with E-state index < -0.39 is 0 Å². The third-order valence-corrected chi connectivity index (χ3v) is 5.03. The van der Waals surface area contributed by atoms with Crippen molar-refractivity contribution >= 4 is 5.91 Å². The molecule has 0 aliphatic carbocycles. The maximum atomic E-state index is 12.8. The van der Waals surface area contributed by atoms with E-state index in [1.165, 1.54) is 0 Å². The Morgan fingerprint density at radius 1 is 1.33 bits per heavy atom. The topological polar surface area (TPSA) is 86.7 Å². The van der Waals surface area contributed by atoms with Crippen LogP contribution in [-0.4, -0.2) is 41.1 Å². The summed E-state index contributed by atoms with van der Waals surface area (Å²) in [5.74, 6) is 1.01. The molecule has 1 amide bonds. The van der Waals surface area contributed by atoms with E-state index in [4.69, 9.17) is 4.74 Å². The number of nitrogens with one attached hydrogen (secondary N) is 2. The van der Waals surface area contributed by atoms with Gasteiger partial charge in [-0.2, -0.15) is 0 Å². The molecule has 0 saturated carbocycles. The smallest absolute Gasteiger partial charge is 0.241 e. The van der Waals surface area contributed by atoms with E-state index in [9.17, 15) is 9.90 Å². The standard InChI is InChI=1S/C20H26N4O3/c1-12-10-21-17(13(2)19(12)27-4)11-24(3)20(26)16-9-15(22-23-16)14-7-5-6-8-18(14)25/h5-8,10,15-16,22-23,25H,9,11H2,1-4H3. The molecule has 2 aromatic rings. The summed E-state index contributed by atoms with van der Waals surface area (Å²) >= 11 is 0. The Kier molecular flexibility index (Phi) is 5.62. The molecule has 3 rings (SSSR count). The zero-order valence-corrected chi connectivity index (χ0v) is 16.1. The van der Waals surface area contributed by atoms with Crippen molar-refractivity contribution in [1.82, 2.24) is 20.7 Å². The Labute approximate surface area is 159 Å². The van der Waals surface area contributed by atoms with Crippen LogP contribution in [0.15, 0.2) is 30.5 Å². The molecular formula is C20H26N4O3. The number of likely N-dealkylation sites (N-methyl/N-ethyl adjacent to an activating group) is 1. The van der Waals surface area contributed by atoms with Gasteiger partial charge in [-0.05, 0) is 26.3 Å². The van der Waals surface area contributed by atoms with Crippen LogP contribution < -0.4 is 15.6 Å². The van der Waals surface area contributed by atoms with Crippen LogP contribution in [0.2, 0.25) is 0 Å². The zero-order valence-electron chi connectivity index (χ0n) is 16.1. The monoisotopic (exact) mass is 370 g/mol. The molecule has 144 valence electrons. The number of amides is 1. The summed E-state index contributed by atoms with van der Waals surface area (Å²) in [5, 5.41) is 10.0. The van der Waals surface area contributed by atoms with Gasteiger partial charge in [0.25, 0.3) is 0 Å². The predicted octanol–water partition coefficient (Wildman–Crippen LogP) is 1.98. The van der Waals surface area contributed by atoms with Crippen molar-refractivity contribution in [3.8, 4) is 11.5 Å². The Bertz CT molecular complexity index is 840. The maximum Gasteiger partial charge on any atom is 0.241 e. The van der Waals surface area contributed by atoms with Crippen LogP contribution >= 0.6 is 0 Å². The number of ether oxygens (including phenoxy) is 1. The normalized spacial score (nSPS) is 19.1. The van der Waals surface area contributed by atoms with Crippen molar-refractivity contribution < 1.29 is 14.6 Å². The summed E-state index contributed by atoms with van der Waals surface area (Å²) in [6, 6.07) is 6.68. The average Bonchev–Trinajstić information content (AvgIpc) is 3.14. The van der Waals surface area contributed by atoms with Gasteiger partial charge in [-0.25, -0.2) is 10.9 Å². The lowest BCUT2D eigenvalue weighted by Crippen LogP contribution is -2.43. The second-order valence-corrected chi connectivity index (χ2v) is 6.93. The number of aromatic hydroxyl groups is 1. The number of carbonyl (C=O) groups excluding carboxylic acids is 1. The van der Waals surface area contributed by atoms with Gasteiger partial charge < -0.3 is 14.7 Å². The minimum atomic E-state index is -0.368. The van der Waals surface area contributed by atoms with Gasteiger partial charge in [0.2, 0.25) is 5.91 Å². The predicted molar refractivity (Wildman–Crippen MR) is 102 cm³/mol. The summed E-state index contributed by atoms with van der Waals surface area (Å²) in [7, 11) is 3.41. The van der Waals surface area contributed by atoms with Crippen LogP contribution in [0.3, 0.4) is 0 Å². The van der Waals surface area contributed by atoms with Crippen molar-refractivity contribution in [3.63, 3.8) is 0 Å². The van der Waals surface area contributed by atoms with Crippen LogP contribution in [0.25, 0.3) is 0 Å². The number of hydrogen-bond donors (Lipinski definition) is 3. The number of nitrogens with zero attached hydrogens (tertiary/aromatic N) is 2. The summed E-state index contributed by atoms with van der Waals surface area (Å²) in [5.41, 5.74) is 9.67. The highest BCUT2D eigenvalue weighted by molar-refractivity contribution is 5.82. The zero-order chi connectivity index (χ0) is 19.6. The van der Waals surface area contributed by atoms with Gasteiger partial charge in [-0.3, -0.25) is 9.78 Å². The Morgan fingerprint density at radius 3 is 2.78 bits per heavy atom. The van der Waals surface area contributed by atoms with E-state index in [-0.39, 0.29) is 23.7 Å². The van der Waals surface area contributed by atoms with Gasteiger partial charge >= 0.3 is 0 Å². The van der Waals surface area contributed by atoms with Gasteiger partial charge in [0.15, 0.2) is 0 Å². The van der Waals surface area contributed by atoms with Crippen LogP contribution in [0, 0.1) is 13.8 Å². The van der Waals surface area contributed by atoms with Gasteiger partial charge in [-0.15, -0.1) is 0 Å². The van der Waals surface area contributed by atoms with Crippen LogP contribution in [0.5, 0.6) is 11.5 Å². The number of hydrazine groups is 1. The third kappa shape index (κ3) is 3.89. The summed E-state index contributed by atoms with van der Waals surface area (Å²) in [4.78, 5) is 19.0. The quantitative estimate of drug-likeness (QED) is 0.746. The highest BCUT2D eigenvalue weighted by Crippen LogP contribution is 2.30. The first-order valence-corrected chi connectivity index (χ1v) is 8.95. The summed E-state index contributed by atoms with van der Waals surface area (Å²) in [6.45, 7) is 4.31. The van der Waals surface area contributed by atoms with Crippen molar-refractivity contribution in [3.05, 3.63) is 52.8 Å². The lowest BCUT2D eigenvalue weighted by atomic mass is 10.0. The lowest BCUT2D eigenvalue weighted by molar-refractivity contribution is -0.132. The van der Waals surface area contributed by atoms with Gasteiger partial charge in [0.05, 0.1) is 25.4 Å². The molecule has 1 aliphatic heterocycles. The highest BCUT2D eigenvalue weighted by atomic mass is 16.5. The molecule has 27 heavy (non-hydrogen) atoms. The first kappa shape index (κ1) is 19.1. The number of carbonyl (C=O) groups is 1. The minimum Gasteiger partial charge on any atom is -0.508 e. The van der Waals surface area contributed by atoms with Crippen LogP contribution in [0.1, 0.15) is 34.8 Å². The van der Waals surface area contributed by atoms with E-state index >= 15 is 0 Å². The average molecular weight is 370 g/mol. The van der Waals surface area contributed by atoms with Crippen LogP contribution in [-0.2, 0) is 11.3 Å². The fourth-order valence-corrected chi connectivity index (χ4v) is 3.50. The summed E-state index contributed by atoms with van der Waals surface area (Å²) in [6.07, 6.45) is 2.33. The Morgan fingerprint density at radius 2 is 2.07 bits per heavy atom. The number of aryl methyl sites for hydroxylation is 1. The first-order chi connectivity index (χ1) is 12.9. The molecule has 3 N–H and O–H groups in total. The molecule has 1 aromatic carbocycles. The molecule has 7 heteroatoms. The number of phenols is 1. The molecule has 7 nitrogen and oxygen atoms in total. The van der Waals surface area contributed by atoms with E-state index in [1.54, 1.807) is 37.4 Å². The molecule has 0 spiro atoms. The van der Waals surface area contributed by atoms with Crippen molar-refractivity contribution in [2.45, 2.75) is 38.9 Å². The van der Waals surface area contributed by atoms with Gasteiger partial charge in [0, 0.05) is 29.9 Å². The lowest BCUT2D eigenvalue weighted by Gasteiger charge is -2.22. The molecule has 0 bridgehead atoms. The van der Waals surface area contributed by atoms with E-state index in [2.05, 4.69) is 15.8 Å². The molecule has 2 atom stereocenters. The van der Waals surface area contributed by atoms with E-state index in [0.29, 0.717) is 13.0 Å². The van der Waals surface area contributed by atoms with E-state index in [1.807, 2.05) is 26.0 Å². The second kappa shape index (κ2) is 7.94. The van der Waals surface area contributed by atoms with Crippen LogP contribution in [0.4, 0.5) is 0 Å². The molecular weight excluding hydrogens is 344 g/mol. The maximum absolute atomic E-state index is 12.8. The van der Waals surface area contributed by atoms with Gasteiger partial charge in [-0.1, -0.05) is 18.2 Å². The molecule has 2 heterocycles. The molecule has 1 aliphatic rings. The number of para-hydroxylation sites is 1. The Balaban J connectivity index is 1.67. The third-order valence-electron chi connectivity index (χ3n) is 5.03. The largest absolute Gasteiger partial charge is 0.508 e. The fraction of sp³-hybridized carbons (Fsp3) is 0.400. The molecule has 1 fully saturated rings. The number of phenolic OH excluding ortho intramolecular Hbond substituents is 1. The van der Waals surface area contributed by atoms with Crippen molar-refractivity contribution in [1.29, 1.82) is 0 Å². The highest BCUT2D eigenvalue weighted by Gasteiger charge is 2.33. The fourth-order valence-electron chi connectivity index (χ4n) is 3.50. The number of pyridine rings is 1. The molecule has 1 aromatic heterocycles. The van der Waals surface area contributed by atoms with Crippen molar-refractivity contribution in [2.24, 2.45) is 0 Å². The SMILES string of the molecule is COc1c(C)cnc(CN(C)C(=O)C2CC(c3ccccc3O)NN2)c1C. The number of methoxy groups -OCH3 is 1. The number of aromatic nitrogens is 1. The van der Waals surface area contributed by atoms with Gasteiger partial charge in [0.1, 0.15) is 17.5 Å². The number of hydrogen-bond acceptors (Lipinski definition) is 6. The molecule has 1 saturated heterocycles.